The minimum atomic E-state index is -0.383. The van der Waals surface area contributed by atoms with E-state index < -0.39 is 0 Å². The maximum atomic E-state index is 9.95. The molecule has 2 N–H and O–H groups in total. The van der Waals surface area contributed by atoms with Crippen LogP contribution in [0, 0.1) is 5.92 Å². The quantitative estimate of drug-likeness (QED) is 0.687. The highest BCUT2D eigenvalue weighted by Crippen LogP contribution is 2.27. The van der Waals surface area contributed by atoms with Gasteiger partial charge in [-0.05, 0) is 37.3 Å². The molecule has 1 aromatic carbocycles. The van der Waals surface area contributed by atoms with Crippen LogP contribution < -0.4 is 5.32 Å². The minimum absolute atomic E-state index is 0.0949. The molecule has 0 aromatic heterocycles. The first-order valence-electron chi connectivity index (χ1n) is 8.30. The van der Waals surface area contributed by atoms with E-state index in [2.05, 4.69) is 24.4 Å². The van der Waals surface area contributed by atoms with Gasteiger partial charge < -0.3 is 15.2 Å². The Morgan fingerprint density at radius 2 is 1.95 bits per heavy atom. The molecule has 118 valence electrons. The van der Waals surface area contributed by atoms with Crippen LogP contribution in [-0.4, -0.2) is 31.5 Å². The van der Waals surface area contributed by atoms with Crippen molar-refractivity contribution in [1.82, 2.24) is 5.32 Å². The normalized spacial score (nSPS) is 18.8. The predicted molar refractivity (Wildman–Crippen MR) is 86.3 cm³/mol. The monoisotopic (exact) mass is 291 g/mol. The number of benzene rings is 1. The zero-order chi connectivity index (χ0) is 15.0. The van der Waals surface area contributed by atoms with Crippen molar-refractivity contribution in [2.45, 2.75) is 44.6 Å². The van der Waals surface area contributed by atoms with Crippen molar-refractivity contribution in [3.05, 3.63) is 35.9 Å². The molecule has 0 saturated heterocycles. The summed E-state index contributed by atoms with van der Waals surface area (Å²) in [6.45, 7) is 4.57. The van der Waals surface area contributed by atoms with E-state index in [4.69, 9.17) is 4.74 Å². The fourth-order valence-electron chi connectivity index (χ4n) is 3.33. The maximum Gasteiger partial charge on any atom is 0.0691 e. The van der Waals surface area contributed by atoms with E-state index in [9.17, 15) is 5.11 Å². The van der Waals surface area contributed by atoms with Crippen LogP contribution in [0.5, 0.6) is 0 Å². The predicted octanol–water partition coefficient (Wildman–Crippen LogP) is 3.08. The Labute approximate surface area is 128 Å². The van der Waals surface area contributed by atoms with Gasteiger partial charge in [-0.15, -0.1) is 0 Å². The van der Waals surface area contributed by atoms with Gasteiger partial charge in [0.1, 0.15) is 0 Å². The highest BCUT2D eigenvalue weighted by atomic mass is 16.5. The first-order chi connectivity index (χ1) is 10.3. The van der Waals surface area contributed by atoms with Gasteiger partial charge in [-0.2, -0.15) is 0 Å². The summed E-state index contributed by atoms with van der Waals surface area (Å²) in [7, 11) is 0. The molecule has 1 aromatic rings. The van der Waals surface area contributed by atoms with Crippen molar-refractivity contribution in [2.24, 2.45) is 5.92 Å². The summed E-state index contributed by atoms with van der Waals surface area (Å²) in [4.78, 5) is 0. The molecule has 1 aliphatic rings. The average molecular weight is 291 g/mol. The molecule has 0 amide bonds. The van der Waals surface area contributed by atoms with E-state index in [0.29, 0.717) is 6.61 Å². The van der Waals surface area contributed by atoms with Crippen LogP contribution in [-0.2, 0) is 10.3 Å². The first-order valence-corrected chi connectivity index (χ1v) is 8.30. The number of rotatable bonds is 9. The van der Waals surface area contributed by atoms with Crippen molar-refractivity contribution >= 4 is 0 Å². The molecule has 2 rings (SSSR count). The van der Waals surface area contributed by atoms with Crippen molar-refractivity contribution < 1.29 is 9.84 Å². The lowest BCUT2D eigenvalue weighted by Gasteiger charge is -2.33. The number of aliphatic hydroxyl groups excluding tert-OH is 1. The van der Waals surface area contributed by atoms with Gasteiger partial charge in [0.15, 0.2) is 0 Å². The lowest BCUT2D eigenvalue weighted by molar-refractivity contribution is 0.0620. The van der Waals surface area contributed by atoms with Crippen LogP contribution in [0.4, 0.5) is 0 Å². The molecule has 0 heterocycles. The second-order valence-corrected chi connectivity index (χ2v) is 6.11. The Bertz CT molecular complexity index is 389. The molecule has 0 aliphatic heterocycles. The van der Waals surface area contributed by atoms with E-state index in [1.807, 2.05) is 18.2 Å². The maximum absolute atomic E-state index is 9.95. The van der Waals surface area contributed by atoms with Gasteiger partial charge in [0.25, 0.3) is 0 Å². The molecule has 0 bridgehead atoms. The molecule has 1 fully saturated rings. The minimum Gasteiger partial charge on any atom is -0.394 e. The molecular formula is C18H29NO2. The Hall–Kier alpha value is -0.900. The standard InChI is InChI=1S/C18H29NO2/c1-2-19-18(15-20,17-10-4-3-5-11-17)12-13-21-14-16-8-6-7-9-16/h3-5,10-11,16,19-20H,2,6-9,12-15H2,1H3. The van der Waals surface area contributed by atoms with Crippen LogP contribution in [0.25, 0.3) is 0 Å². The second-order valence-electron chi connectivity index (χ2n) is 6.11. The number of hydrogen-bond donors (Lipinski definition) is 2. The fourth-order valence-corrected chi connectivity index (χ4v) is 3.33. The Kier molecular flexibility index (Phi) is 6.68. The van der Waals surface area contributed by atoms with E-state index in [1.54, 1.807) is 0 Å². The zero-order valence-corrected chi connectivity index (χ0v) is 13.2. The number of hydrogen-bond acceptors (Lipinski definition) is 3. The van der Waals surface area contributed by atoms with Crippen LogP contribution in [0.3, 0.4) is 0 Å². The third-order valence-corrected chi connectivity index (χ3v) is 4.61. The van der Waals surface area contributed by atoms with Crippen molar-refractivity contribution in [2.75, 3.05) is 26.4 Å². The molecule has 21 heavy (non-hydrogen) atoms. The lowest BCUT2D eigenvalue weighted by Crippen LogP contribution is -2.46. The smallest absolute Gasteiger partial charge is 0.0691 e. The molecular weight excluding hydrogens is 262 g/mol. The topological polar surface area (TPSA) is 41.5 Å². The van der Waals surface area contributed by atoms with Gasteiger partial charge in [-0.3, -0.25) is 0 Å². The van der Waals surface area contributed by atoms with Gasteiger partial charge in [0.2, 0.25) is 0 Å². The van der Waals surface area contributed by atoms with E-state index in [1.165, 1.54) is 25.7 Å². The molecule has 3 heteroatoms. The Morgan fingerprint density at radius 1 is 1.24 bits per heavy atom. The summed E-state index contributed by atoms with van der Waals surface area (Å²) >= 11 is 0. The fraction of sp³-hybridized carbons (Fsp3) is 0.667. The largest absolute Gasteiger partial charge is 0.394 e. The van der Waals surface area contributed by atoms with E-state index in [0.717, 1.165) is 31.1 Å². The summed E-state index contributed by atoms with van der Waals surface area (Å²) < 4.78 is 5.89. The van der Waals surface area contributed by atoms with Gasteiger partial charge in [0.05, 0.1) is 12.1 Å². The number of nitrogens with one attached hydrogen (secondary N) is 1. The number of ether oxygens (including phenoxy) is 1. The molecule has 1 atom stereocenters. The van der Waals surface area contributed by atoms with Crippen LogP contribution in [0.1, 0.15) is 44.6 Å². The van der Waals surface area contributed by atoms with Gasteiger partial charge >= 0.3 is 0 Å². The van der Waals surface area contributed by atoms with E-state index >= 15 is 0 Å². The average Bonchev–Trinajstić information content (AvgIpc) is 3.05. The summed E-state index contributed by atoms with van der Waals surface area (Å²) in [6, 6.07) is 10.2. The summed E-state index contributed by atoms with van der Waals surface area (Å²) in [5.74, 6) is 0.754. The first kappa shape index (κ1) is 16.5. The molecule has 1 saturated carbocycles. The highest BCUT2D eigenvalue weighted by molar-refractivity contribution is 5.24. The molecule has 0 spiro atoms. The molecule has 0 radical (unpaired) electrons. The van der Waals surface area contributed by atoms with Crippen molar-refractivity contribution in [1.29, 1.82) is 0 Å². The van der Waals surface area contributed by atoms with Crippen LogP contribution in [0.15, 0.2) is 30.3 Å². The third kappa shape index (κ3) is 4.53. The van der Waals surface area contributed by atoms with E-state index in [-0.39, 0.29) is 12.1 Å². The lowest BCUT2D eigenvalue weighted by atomic mass is 9.87. The van der Waals surface area contributed by atoms with Gasteiger partial charge in [-0.25, -0.2) is 0 Å². The van der Waals surface area contributed by atoms with Crippen molar-refractivity contribution in [3.8, 4) is 0 Å². The van der Waals surface area contributed by atoms with Crippen LogP contribution >= 0.6 is 0 Å². The summed E-state index contributed by atoms with van der Waals surface area (Å²) in [6.07, 6.45) is 6.15. The second kappa shape index (κ2) is 8.52. The zero-order valence-electron chi connectivity index (χ0n) is 13.2. The third-order valence-electron chi connectivity index (χ3n) is 4.61. The highest BCUT2D eigenvalue weighted by Gasteiger charge is 2.30. The summed E-state index contributed by atoms with van der Waals surface area (Å²) in [5.41, 5.74) is 0.755. The summed E-state index contributed by atoms with van der Waals surface area (Å²) in [5, 5.41) is 13.4. The Balaban J connectivity index is 1.89. The Morgan fingerprint density at radius 3 is 2.57 bits per heavy atom. The molecule has 3 nitrogen and oxygen atoms in total. The van der Waals surface area contributed by atoms with Gasteiger partial charge in [0, 0.05) is 13.2 Å². The SMILES string of the molecule is CCNC(CO)(CCOCC1CCCC1)c1ccccc1. The van der Waals surface area contributed by atoms with Crippen molar-refractivity contribution in [3.63, 3.8) is 0 Å². The molecule has 1 aliphatic carbocycles. The molecule has 1 unspecified atom stereocenters. The van der Waals surface area contributed by atoms with Gasteiger partial charge in [-0.1, -0.05) is 50.1 Å². The van der Waals surface area contributed by atoms with Crippen LogP contribution in [0.2, 0.25) is 0 Å². The number of aliphatic hydroxyl groups is 1. The number of likely N-dealkylation sites (N-methyl/N-ethyl adjacent to an activating group) is 1.